The zero-order valence-electron chi connectivity index (χ0n) is 16.8. The Morgan fingerprint density at radius 1 is 1.23 bits per heavy atom. The van der Waals surface area contributed by atoms with Crippen LogP contribution in [0.5, 0.6) is 0 Å². The molecule has 0 bridgehead atoms. The van der Waals surface area contributed by atoms with Crippen LogP contribution < -0.4 is 4.31 Å². The molecule has 0 amide bonds. The highest BCUT2D eigenvalue weighted by Gasteiger charge is 2.36. The van der Waals surface area contributed by atoms with E-state index in [1.165, 1.54) is 23.9 Å². The van der Waals surface area contributed by atoms with E-state index in [1.54, 1.807) is 49.6 Å². The van der Waals surface area contributed by atoms with Crippen LogP contribution in [-0.2, 0) is 19.6 Å². The number of hydrogen-bond acceptors (Lipinski definition) is 5. The van der Waals surface area contributed by atoms with Gasteiger partial charge in [0.05, 0.1) is 23.9 Å². The highest BCUT2D eigenvalue weighted by molar-refractivity contribution is 7.93. The number of halogens is 1. The number of hydrogen-bond donors (Lipinski definition) is 0. The van der Waals surface area contributed by atoms with Crippen molar-refractivity contribution in [3.05, 3.63) is 72.3 Å². The molecule has 0 aliphatic carbocycles. The Morgan fingerprint density at radius 3 is 2.47 bits per heavy atom. The van der Waals surface area contributed by atoms with Gasteiger partial charge < -0.3 is 4.74 Å². The van der Waals surface area contributed by atoms with Gasteiger partial charge in [-0.15, -0.1) is 0 Å². The third-order valence-electron chi connectivity index (χ3n) is 4.59. The Morgan fingerprint density at radius 2 is 1.93 bits per heavy atom. The van der Waals surface area contributed by atoms with Gasteiger partial charge >= 0.3 is 5.97 Å². The average Bonchev–Trinajstić information content (AvgIpc) is 3.17. The molecular formula is C21H22FN3O4S. The normalized spacial score (nSPS) is 12.4. The first-order valence-electron chi connectivity index (χ1n) is 9.28. The maximum atomic E-state index is 14.8. The average molecular weight is 431 g/mol. The minimum Gasteiger partial charge on any atom is -0.467 e. The number of carbonyl (C=O) groups excluding carboxylic acids is 1. The summed E-state index contributed by atoms with van der Waals surface area (Å²) in [5.41, 5.74) is 1.24. The molecule has 0 spiro atoms. The van der Waals surface area contributed by atoms with Crippen LogP contribution in [0.25, 0.3) is 5.69 Å². The number of sulfonamides is 1. The predicted octanol–water partition coefficient (Wildman–Crippen LogP) is 3.47. The van der Waals surface area contributed by atoms with Gasteiger partial charge in [0, 0.05) is 6.20 Å². The number of carbonyl (C=O) groups is 1. The first kappa shape index (κ1) is 21.5. The summed E-state index contributed by atoms with van der Waals surface area (Å²) in [5.74, 6) is -1.45. The van der Waals surface area contributed by atoms with Crippen molar-refractivity contribution in [3.8, 4) is 5.69 Å². The lowest BCUT2D eigenvalue weighted by Gasteiger charge is -2.30. The van der Waals surface area contributed by atoms with Gasteiger partial charge in [-0.2, -0.15) is 5.10 Å². The van der Waals surface area contributed by atoms with Gasteiger partial charge in [0.15, 0.2) is 0 Å². The van der Waals surface area contributed by atoms with Gasteiger partial charge in [0.2, 0.25) is 0 Å². The van der Waals surface area contributed by atoms with Crippen molar-refractivity contribution in [2.75, 3.05) is 11.4 Å². The first-order chi connectivity index (χ1) is 14.3. The molecule has 7 nitrogen and oxygen atoms in total. The maximum absolute atomic E-state index is 14.8. The number of nitrogens with zero attached hydrogens (tertiary/aromatic N) is 3. The summed E-state index contributed by atoms with van der Waals surface area (Å²) in [6.07, 6.45) is 3.38. The molecule has 3 aromatic rings. The minimum atomic E-state index is -4.27. The summed E-state index contributed by atoms with van der Waals surface area (Å²) in [6, 6.07) is 10.7. The molecule has 1 aromatic heterocycles. The Labute approximate surface area is 174 Å². The van der Waals surface area contributed by atoms with Crippen LogP contribution >= 0.6 is 0 Å². The van der Waals surface area contributed by atoms with Crippen molar-refractivity contribution in [1.82, 2.24) is 9.78 Å². The number of esters is 1. The second-order valence-electron chi connectivity index (χ2n) is 6.66. The van der Waals surface area contributed by atoms with Crippen LogP contribution in [0.1, 0.15) is 18.9 Å². The number of benzene rings is 2. The Kier molecular flexibility index (Phi) is 6.21. The van der Waals surface area contributed by atoms with E-state index in [0.717, 1.165) is 15.9 Å². The molecule has 0 saturated heterocycles. The zero-order chi connectivity index (χ0) is 21.9. The van der Waals surface area contributed by atoms with E-state index < -0.39 is 27.9 Å². The van der Waals surface area contributed by atoms with E-state index in [-0.39, 0.29) is 22.7 Å². The molecule has 0 fully saturated rings. The Bertz CT molecular complexity index is 1150. The zero-order valence-corrected chi connectivity index (χ0v) is 17.6. The topological polar surface area (TPSA) is 81.5 Å². The highest BCUT2D eigenvalue weighted by atomic mass is 32.2. The van der Waals surface area contributed by atoms with E-state index >= 15 is 0 Å². The number of aryl methyl sites for hydroxylation is 1. The largest absolute Gasteiger partial charge is 0.467 e. The van der Waals surface area contributed by atoms with E-state index in [0.29, 0.717) is 0 Å². The molecule has 0 N–H and O–H groups in total. The lowest BCUT2D eigenvalue weighted by molar-refractivity contribution is -0.142. The second kappa shape index (κ2) is 8.66. The summed E-state index contributed by atoms with van der Waals surface area (Å²) >= 11 is 0. The quantitative estimate of drug-likeness (QED) is 0.535. The van der Waals surface area contributed by atoms with Crippen LogP contribution in [0.15, 0.2) is 65.8 Å². The molecule has 3 rings (SSSR count). The van der Waals surface area contributed by atoms with E-state index in [2.05, 4.69) is 5.10 Å². The third kappa shape index (κ3) is 4.06. The summed E-state index contributed by atoms with van der Waals surface area (Å²) in [5, 5.41) is 4.05. The molecule has 1 atom stereocenters. The fourth-order valence-electron chi connectivity index (χ4n) is 3.12. The fourth-order valence-corrected chi connectivity index (χ4v) is 4.81. The molecule has 158 valence electrons. The van der Waals surface area contributed by atoms with E-state index in [4.69, 9.17) is 4.74 Å². The van der Waals surface area contributed by atoms with Crippen molar-refractivity contribution in [1.29, 1.82) is 0 Å². The number of para-hydroxylation sites is 1. The summed E-state index contributed by atoms with van der Waals surface area (Å²) in [7, 11) is -3.08. The van der Waals surface area contributed by atoms with Crippen molar-refractivity contribution >= 4 is 21.7 Å². The van der Waals surface area contributed by atoms with Crippen molar-refractivity contribution < 1.29 is 22.3 Å². The van der Waals surface area contributed by atoms with Gasteiger partial charge in [0.1, 0.15) is 17.5 Å². The molecule has 2 aromatic carbocycles. The second-order valence-corrected chi connectivity index (χ2v) is 8.47. The van der Waals surface area contributed by atoms with Crippen LogP contribution in [0.4, 0.5) is 10.1 Å². The molecule has 9 heteroatoms. The van der Waals surface area contributed by atoms with E-state index in [1.807, 2.05) is 6.92 Å². The molecule has 0 aliphatic rings. The molecule has 1 unspecified atom stereocenters. The Hall–Kier alpha value is -3.20. The first-order valence-corrected chi connectivity index (χ1v) is 10.7. The van der Waals surface area contributed by atoms with Crippen molar-refractivity contribution in [2.45, 2.75) is 31.2 Å². The van der Waals surface area contributed by atoms with Crippen LogP contribution in [0.3, 0.4) is 0 Å². The van der Waals surface area contributed by atoms with Crippen LogP contribution in [-0.4, -0.2) is 37.3 Å². The molecule has 0 saturated carbocycles. The minimum absolute atomic E-state index is 0.119. The molecule has 30 heavy (non-hydrogen) atoms. The Balaban J connectivity index is 2.11. The number of rotatable bonds is 7. The number of anilines is 1. The van der Waals surface area contributed by atoms with Gasteiger partial charge in [-0.25, -0.2) is 22.3 Å². The fraction of sp³-hybridized carbons (Fsp3) is 0.238. The lowest BCUT2D eigenvalue weighted by Crippen LogP contribution is -2.45. The SMILES string of the molecule is CCC(C(=O)OC)N(c1ccccc1)S(=O)(=O)c1ccc(-n2cc(C)cn2)c(F)c1. The number of aromatic nitrogens is 2. The number of methoxy groups -OCH3 is 1. The standard InChI is InChI=1S/C21H22FN3O4S/c1-4-19(21(26)29-3)25(16-8-6-5-7-9-16)30(27,28)17-10-11-20(18(22)12-17)24-14-15(2)13-23-24/h5-14,19H,4H2,1-3H3. The molecular weight excluding hydrogens is 409 g/mol. The lowest BCUT2D eigenvalue weighted by atomic mass is 10.2. The van der Waals surface area contributed by atoms with Gasteiger partial charge in [-0.3, -0.25) is 4.31 Å². The highest BCUT2D eigenvalue weighted by Crippen LogP contribution is 2.29. The molecule has 0 aliphatic heterocycles. The smallest absolute Gasteiger partial charge is 0.329 e. The monoisotopic (exact) mass is 431 g/mol. The van der Waals surface area contributed by atoms with Crippen LogP contribution in [0.2, 0.25) is 0 Å². The maximum Gasteiger partial charge on any atom is 0.329 e. The van der Waals surface area contributed by atoms with E-state index in [9.17, 15) is 17.6 Å². The van der Waals surface area contributed by atoms with Gasteiger partial charge in [-0.1, -0.05) is 25.1 Å². The summed E-state index contributed by atoms with van der Waals surface area (Å²) in [6.45, 7) is 3.49. The van der Waals surface area contributed by atoms with Gasteiger partial charge in [-0.05, 0) is 49.2 Å². The molecule has 0 radical (unpaired) electrons. The summed E-state index contributed by atoms with van der Waals surface area (Å²) in [4.78, 5) is 12.1. The number of ether oxygens (including phenoxy) is 1. The van der Waals surface area contributed by atoms with Crippen molar-refractivity contribution in [2.24, 2.45) is 0 Å². The summed E-state index contributed by atoms with van der Waals surface area (Å²) < 4.78 is 48.9. The van der Waals surface area contributed by atoms with Crippen molar-refractivity contribution in [3.63, 3.8) is 0 Å². The van der Waals surface area contributed by atoms with Gasteiger partial charge in [0.25, 0.3) is 10.0 Å². The third-order valence-corrected chi connectivity index (χ3v) is 6.42. The molecule has 1 heterocycles. The predicted molar refractivity (Wildman–Crippen MR) is 110 cm³/mol. The van der Waals surface area contributed by atoms with Crippen LogP contribution in [0, 0.1) is 12.7 Å².